The molecule has 0 atom stereocenters. The highest BCUT2D eigenvalue weighted by Crippen LogP contribution is 2.24. The number of benzene rings is 2. The van der Waals surface area contributed by atoms with Crippen molar-refractivity contribution >= 4 is 17.3 Å². The molecule has 0 heterocycles. The summed E-state index contributed by atoms with van der Waals surface area (Å²) in [5.41, 5.74) is 7.16. The molecule has 0 aromatic heterocycles. The number of carbonyl (C=O) groups is 1. The lowest BCUT2D eigenvalue weighted by Crippen LogP contribution is -2.30. The molecular formula is C15H16N2O3. The zero-order valence-electron chi connectivity index (χ0n) is 11.1. The fourth-order valence-corrected chi connectivity index (χ4v) is 2.01. The molecule has 4 N–H and O–H groups in total. The molecule has 0 bridgehead atoms. The fraction of sp³-hybridized carbons (Fsp3) is 0.133. The predicted molar refractivity (Wildman–Crippen MR) is 78.0 cm³/mol. The summed E-state index contributed by atoms with van der Waals surface area (Å²) in [4.78, 5) is 14.0. The molecule has 0 aliphatic carbocycles. The number of nitrogens with two attached hydrogens (primary N) is 1. The Morgan fingerprint density at radius 3 is 2.35 bits per heavy atom. The molecule has 5 heteroatoms. The van der Waals surface area contributed by atoms with E-state index in [0.29, 0.717) is 17.9 Å². The summed E-state index contributed by atoms with van der Waals surface area (Å²) in [6, 6.07) is 10.8. The van der Waals surface area contributed by atoms with E-state index in [2.05, 4.69) is 0 Å². The van der Waals surface area contributed by atoms with Crippen LogP contribution in [-0.2, 0) is 0 Å². The van der Waals surface area contributed by atoms with Gasteiger partial charge in [-0.3, -0.25) is 4.79 Å². The first-order chi connectivity index (χ1) is 9.51. The van der Waals surface area contributed by atoms with Gasteiger partial charge in [-0.2, -0.15) is 0 Å². The van der Waals surface area contributed by atoms with Crippen LogP contribution in [0.25, 0.3) is 0 Å². The maximum atomic E-state index is 12.5. The van der Waals surface area contributed by atoms with Gasteiger partial charge in [0.15, 0.2) is 0 Å². The normalized spacial score (nSPS) is 10.2. The number of hydrogen-bond acceptors (Lipinski definition) is 4. The van der Waals surface area contributed by atoms with Crippen molar-refractivity contribution in [3.05, 3.63) is 48.0 Å². The number of nitrogen functional groups attached to an aromatic ring is 1. The van der Waals surface area contributed by atoms with Gasteiger partial charge >= 0.3 is 0 Å². The van der Waals surface area contributed by atoms with E-state index in [1.54, 1.807) is 24.3 Å². The Bertz CT molecular complexity index is 621. The molecule has 104 valence electrons. The first-order valence-electron chi connectivity index (χ1n) is 6.21. The lowest BCUT2D eigenvalue weighted by atomic mass is 10.1. The molecule has 0 radical (unpaired) electrons. The Kier molecular flexibility index (Phi) is 3.79. The van der Waals surface area contributed by atoms with Crippen LogP contribution in [-0.4, -0.2) is 22.7 Å². The number of nitrogens with zero attached hydrogens (tertiary/aromatic N) is 1. The van der Waals surface area contributed by atoms with Gasteiger partial charge in [0.1, 0.15) is 11.5 Å². The molecule has 20 heavy (non-hydrogen) atoms. The summed E-state index contributed by atoms with van der Waals surface area (Å²) in [5.74, 6) is -0.627. The number of aromatic hydroxyl groups is 2. The van der Waals surface area contributed by atoms with E-state index in [-0.39, 0.29) is 23.0 Å². The highest BCUT2D eigenvalue weighted by atomic mass is 16.3. The predicted octanol–water partition coefficient (Wildman–Crippen LogP) is 2.35. The molecule has 0 saturated carbocycles. The fourth-order valence-electron chi connectivity index (χ4n) is 2.01. The van der Waals surface area contributed by atoms with E-state index in [9.17, 15) is 15.0 Å². The monoisotopic (exact) mass is 272 g/mol. The van der Waals surface area contributed by atoms with Crippen molar-refractivity contribution in [2.45, 2.75) is 6.92 Å². The lowest BCUT2D eigenvalue weighted by Gasteiger charge is -2.21. The van der Waals surface area contributed by atoms with Gasteiger partial charge in [0, 0.05) is 29.5 Å². The van der Waals surface area contributed by atoms with Crippen molar-refractivity contribution < 1.29 is 15.0 Å². The summed E-state index contributed by atoms with van der Waals surface area (Å²) in [6.45, 7) is 2.28. The van der Waals surface area contributed by atoms with E-state index in [4.69, 9.17) is 5.73 Å². The number of hydrogen-bond donors (Lipinski definition) is 3. The zero-order chi connectivity index (χ0) is 14.7. The zero-order valence-corrected chi connectivity index (χ0v) is 11.1. The summed E-state index contributed by atoms with van der Waals surface area (Å²) >= 11 is 0. The van der Waals surface area contributed by atoms with Crippen LogP contribution < -0.4 is 10.6 Å². The first-order valence-corrected chi connectivity index (χ1v) is 6.21. The van der Waals surface area contributed by atoms with Crippen molar-refractivity contribution in [2.24, 2.45) is 0 Å². The number of phenols is 2. The van der Waals surface area contributed by atoms with Crippen molar-refractivity contribution in [1.29, 1.82) is 0 Å². The maximum Gasteiger partial charge on any atom is 0.258 e. The Morgan fingerprint density at radius 2 is 1.80 bits per heavy atom. The lowest BCUT2D eigenvalue weighted by molar-refractivity contribution is 0.0987. The van der Waals surface area contributed by atoms with Crippen LogP contribution in [0.2, 0.25) is 0 Å². The van der Waals surface area contributed by atoms with Gasteiger partial charge in [-0.25, -0.2) is 0 Å². The Morgan fingerprint density at radius 1 is 1.15 bits per heavy atom. The van der Waals surface area contributed by atoms with Gasteiger partial charge in [0.25, 0.3) is 5.91 Å². The van der Waals surface area contributed by atoms with Gasteiger partial charge < -0.3 is 20.8 Å². The third kappa shape index (κ3) is 2.83. The van der Waals surface area contributed by atoms with Crippen molar-refractivity contribution in [3.63, 3.8) is 0 Å². The molecule has 5 nitrogen and oxygen atoms in total. The van der Waals surface area contributed by atoms with Crippen LogP contribution in [0.4, 0.5) is 11.4 Å². The van der Waals surface area contributed by atoms with Gasteiger partial charge in [-0.1, -0.05) is 6.07 Å². The summed E-state index contributed by atoms with van der Waals surface area (Å²) in [7, 11) is 0. The van der Waals surface area contributed by atoms with Crippen LogP contribution in [0.3, 0.4) is 0 Å². The van der Waals surface area contributed by atoms with Gasteiger partial charge in [0.2, 0.25) is 0 Å². The van der Waals surface area contributed by atoms with Gasteiger partial charge in [0.05, 0.1) is 0 Å². The Hall–Kier alpha value is -2.69. The summed E-state index contributed by atoms with van der Waals surface area (Å²) in [5, 5.41) is 18.9. The van der Waals surface area contributed by atoms with Crippen LogP contribution in [0.5, 0.6) is 11.5 Å². The second-order valence-corrected chi connectivity index (χ2v) is 4.38. The SMILES string of the molecule is CCN(C(=O)c1cc(O)cc(O)c1)c1cccc(N)c1. The molecule has 0 fully saturated rings. The second-order valence-electron chi connectivity index (χ2n) is 4.38. The molecule has 1 amide bonds. The van der Waals surface area contributed by atoms with Crippen LogP contribution in [0.15, 0.2) is 42.5 Å². The minimum absolute atomic E-state index is 0.156. The Balaban J connectivity index is 2.38. The molecule has 0 aliphatic heterocycles. The molecule has 0 aliphatic rings. The van der Waals surface area contributed by atoms with E-state index < -0.39 is 0 Å². The first kappa shape index (κ1) is 13.7. The third-order valence-corrected chi connectivity index (χ3v) is 2.89. The molecule has 0 saturated heterocycles. The van der Waals surface area contributed by atoms with E-state index in [0.717, 1.165) is 0 Å². The third-order valence-electron chi connectivity index (χ3n) is 2.89. The van der Waals surface area contributed by atoms with E-state index >= 15 is 0 Å². The standard InChI is InChI=1S/C15H16N2O3/c1-2-17(12-5-3-4-11(16)8-12)15(20)10-6-13(18)9-14(19)7-10/h3-9,18-19H,2,16H2,1H3. The van der Waals surface area contributed by atoms with Crippen molar-refractivity contribution in [2.75, 3.05) is 17.2 Å². The number of rotatable bonds is 3. The quantitative estimate of drug-likeness (QED) is 0.748. The summed E-state index contributed by atoms with van der Waals surface area (Å²) in [6.07, 6.45) is 0. The molecule has 2 aromatic rings. The van der Waals surface area contributed by atoms with Crippen LogP contribution in [0, 0.1) is 0 Å². The summed E-state index contributed by atoms with van der Waals surface area (Å²) < 4.78 is 0. The smallest absolute Gasteiger partial charge is 0.258 e. The average Bonchev–Trinajstić information content (AvgIpc) is 2.38. The molecule has 2 aromatic carbocycles. The number of phenolic OH excluding ortho intramolecular Hbond substituents is 2. The van der Waals surface area contributed by atoms with Gasteiger partial charge in [-0.05, 0) is 37.3 Å². The maximum absolute atomic E-state index is 12.5. The molecule has 0 spiro atoms. The molecule has 0 unspecified atom stereocenters. The second kappa shape index (κ2) is 5.52. The molecular weight excluding hydrogens is 256 g/mol. The largest absolute Gasteiger partial charge is 0.508 e. The van der Waals surface area contributed by atoms with Crippen molar-refractivity contribution in [3.8, 4) is 11.5 Å². The minimum atomic E-state index is -0.315. The minimum Gasteiger partial charge on any atom is -0.508 e. The number of anilines is 2. The van der Waals surface area contributed by atoms with Crippen LogP contribution >= 0.6 is 0 Å². The molecule has 2 rings (SSSR count). The average molecular weight is 272 g/mol. The topological polar surface area (TPSA) is 86.8 Å². The van der Waals surface area contributed by atoms with Crippen LogP contribution in [0.1, 0.15) is 17.3 Å². The van der Waals surface area contributed by atoms with Gasteiger partial charge in [-0.15, -0.1) is 0 Å². The van der Waals surface area contributed by atoms with E-state index in [1.165, 1.54) is 23.1 Å². The highest BCUT2D eigenvalue weighted by Gasteiger charge is 2.17. The number of carbonyl (C=O) groups excluding carboxylic acids is 1. The van der Waals surface area contributed by atoms with E-state index in [1.807, 2.05) is 6.92 Å². The highest BCUT2D eigenvalue weighted by molar-refractivity contribution is 6.06. The van der Waals surface area contributed by atoms with Crippen molar-refractivity contribution in [1.82, 2.24) is 0 Å². The Labute approximate surface area is 116 Å². The number of amides is 1.